The van der Waals surface area contributed by atoms with E-state index in [9.17, 15) is 9.59 Å². The van der Waals surface area contributed by atoms with Gasteiger partial charge in [-0.3, -0.25) is 9.59 Å². The number of amides is 1. The Kier molecular flexibility index (Phi) is 4.49. The van der Waals surface area contributed by atoms with Crippen LogP contribution in [0.5, 0.6) is 0 Å². The monoisotopic (exact) mass is 261 g/mol. The molecule has 1 aliphatic rings. The first-order valence-electron chi connectivity index (χ1n) is 6.67. The van der Waals surface area contributed by atoms with E-state index in [1.165, 1.54) is 42.3 Å². The molecule has 5 nitrogen and oxygen atoms in total. The normalized spacial score (nSPS) is 14.9. The van der Waals surface area contributed by atoms with Gasteiger partial charge in [0.2, 0.25) is 0 Å². The molecular formula is C14H19N3O2. The Labute approximate surface area is 112 Å². The number of carbonyl (C=O) groups excluding carboxylic acids is 1. The number of hydrogen-bond donors (Lipinski definition) is 1. The molecule has 1 aromatic rings. The summed E-state index contributed by atoms with van der Waals surface area (Å²) in [6.07, 6.45) is 8.01. The zero-order chi connectivity index (χ0) is 13.7. The molecule has 0 saturated heterocycles. The maximum Gasteiger partial charge on any atom is 0.271 e. The molecule has 1 aliphatic carbocycles. The second-order valence-corrected chi connectivity index (χ2v) is 4.79. The van der Waals surface area contributed by atoms with Gasteiger partial charge in [0.25, 0.3) is 11.5 Å². The highest BCUT2D eigenvalue weighted by Crippen LogP contribution is 2.19. The van der Waals surface area contributed by atoms with Gasteiger partial charge >= 0.3 is 0 Å². The summed E-state index contributed by atoms with van der Waals surface area (Å²) in [5, 5.41) is 6.75. The Balaban J connectivity index is 1.85. The molecule has 5 heteroatoms. The van der Waals surface area contributed by atoms with E-state index in [1.54, 1.807) is 0 Å². The molecule has 0 unspecified atom stereocenters. The van der Waals surface area contributed by atoms with Crippen molar-refractivity contribution in [2.45, 2.75) is 32.1 Å². The molecule has 0 spiro atoms. The van der Waals surface area contributed by atoms with Gasteiger partial charge in [-0.1, -0.05) is 11.6 Å². The third-order valence-corrected chi connectivity index (χ3v) is 3.31. The van der Waals surface area contributed by atoms with E-state index in [0.717, 1.165) is 19.3 Å². The molecule has 102 valence electrons. The number of allylic oxidation sites excluding steroid dienone is 1. The van der Waals surface area contributed by atoms with Crippen molar-refractivity contribution in [3.63, 3.8) is 0 Å². The van der Waals surface area contributed by atoms with Crippen molar-refractivity contribution in [1.82, 2.24) is 15.1 Å². The Morgan fingerprint density at radius 2 is 2.26 bits per heavy atom. The van der Waals surface area contributed by atoms with Gasteiger partial charge in [-0.15, -0.1) is 0 Å². The standard InChI is InChI=1S/C14H19N3O2/c1-17-13(18)8-7-12(16-17)14(19)15-10-9-11-5-3-2-4-6-11/h5,7-8H,2-4,6,9-10H2,1H3,(H,15,19). The van der Waals surface area contributed by atoms with Crippen LogP contribution >= 0.6 is 0 Å². The molecule has 0 aromatic carbocycles. The first kappa shape index (κ1) is 13.5. The molecule has 1 N–H and O–H groups in total. The van der Waals surface area contributed by atoms with Crippen molar-refractivity contribution in [2.75, 3.05) is 6.54 Å². The summed E-state index contributed by atoms with van der Waals surface area (Å²) in [6.45, 7) is 0.620. The molecule has 1 amide bonds. The minimum Gasteiger partial charge on any atom is -0.350 e. The van der Waals surface area contributed by atoms with Gasteiger partial charge in [0.15, 0.2) is 0 Å². The average Bonchev–Trinajstić information content (AvgIpc) is 2.43. The zero-order valence-corrected chi connectivity index (χ0v) is 11.2. The van der Waals surface area contributed by atoms with Crippen LogP contribution in [-0.4, -0.2) is 22.2 Å². The fourth-order valence-electron chi connectivity index (χ4n) is 2.18. The smallest absolute Gasteiger partial charge is 0.271 e. The van der Waals surface area contributed by atoms with Crippen LogP contribution in [0.1, 0.15) is 42.6 Å². The van der Waals surface area contributed by atoms with Crippen LogP contribution < -0.4 is 10.9 Å². The molecule has 0 radical (unpaired) electrons. The van der Waals surface area contributed by atoms with E-state index in [4.69, 9.17) is 0 Å². The highest BCUT2D eigenvalue weighted by Gasteiger charge is 2.09. The Hall–Kier alpha value is -1.91. The predicted octanol–water partition coefficient (Wildman–Crippen LogP) is 1.40. The van der Waals surface area contributed by atoms with E-state index in [2.05, 4.69) is 16.5 Å². The third-order valence-electron chi connectivity index (χ3n) is 3.31. The number of aryl methyl sites for hydroxylation is 1. The molecule has 0 bridgehead atoms. The van der Waals surface area contributed by atoms with Crippen LogP contribution in [0.25, 0.3) is 0 Å². The fourth-order valence-corrected chi connectivity index (χ4v) is 2.18. The second kappa shape index (κ2) is 6.31. The quantitative estimate of drug-likeness (QED) is 0.833. The van der Waals surface area contributed by atoms with Crippen LogP contribution in [0, 0.1) is 0 Å². The van der Waals surface area contributed by atoms with Gasteiger partial charge in [-0.2, -0.15) is 5.10 Å². The average molecular weight is 261 g/mol. The van der Waals surface area contributed by atoms with Crippen LogP contribution in [0.3, 0.4) is 0 Å². The van der Waals surface area contributed by atoms with Gasteiger partial charge in [0.05, 0.1) is 0 Å². The number of nitrogens with one attached hydrogen (secondary N) is 1. The number of aromatic nitrogens is 2. The number of rotatable bonds is 4. The minimum atomic E-state index is -0.230. The lowest BCUT2D eigenvalue weighted by atomic mass is 9.97. The first-order chi connectivity index (χ1) is 9.16. The third kappa shape index (κ3) is 3.77. The van der Waals surface area contributed by atoms with E-state index in [0.29, 0.717) is 6.54 Å². The molecule has 1 heterocycles. The summed E-state index contributed by atoms with van der Waals surface area (Å²) in [6, 6.07) is 2.81. The first-order valence-corrected chi connectivity index (χ1v) is 6.67. The van der Waals surface area contributed by atoms with E-state index >= 15 is 0 Å². The molecule has 0 aliphatic heterocycles. The van der Waals surface area contributed by atoms with Gasteiger partial charge in [-0.25, -0.2) is 4.68 Å². The van der Waals surface area contributed by atoms with Crippen LogP contribution in [0.2, 0.25) is 0 Å². The summed E-state index contributed by atoms with van der Waals surface area (Å²) < 4.78 is 1.17. The molecule has 19 heavy (non-hydrogen) atoms. The summed E-state index contributed by atoms with van der Waals surface area (Å²) in [7, 11) is 1.53. The SMILES string of the molecule is Cn1nc(C(=O)NCCC2=CCCCC2)ccc1=O. The van der Waals surface area contributed by atoms with Crippen LogP contribution in [0.4, 0.5) is 0 Å². The highest BCUT2D eigenvalue weighted by molar-refractivity contribution is 5.91. The van der Waals surface area contributed by atoms with Crippen molar-refractivity contribution in [3.8, 4) is 0 Å². The lowest BCUT2D eigenvalue weighted by molar-refractivity contribution is 0.0946. The van der Waals surface area contributed by atoms with Crippen LogP contribution in [-0.2, 0) is 7.05 Å². The van der Waals surface area contributed by atoms with E-state index in [1.807, 2.05) is 0 Å². The molecule has 0 saturated carbocycles. The van der Waals surface area contributed by atoms with E-state index < -0.39 is 0 Å². The van der Waals surface area contributed by atoms with Gasteiger partial charge in [0, 0.05) is 19.7 Å². The number of nitrogens with zero attached hydrogens (tertiary/aromatic N) is 2. The van der Waals surface area contributed by atoms with Gasteiger partial charge in [0.1, 0.15) is 5.69 Å². The lowest BCUT2D eigenvalue weighted by Crippen LogP contribution is -2.29. The van der Waals surface area contributed by atoms with E-state index in [-0.39, 0.29) is 17.2 Å². The van der Waals surface area contributed by atoms with Crippen molar-refractivity contribution >= 4 is 5.91 Å². The van der Waals surface area contributed by atoms with Crippen molar-refractivity contribution < 1.29 is 4.79 Å². The molecule has 1 aromatic heterocycles. The Bertz CT molecular complexity index is 546. The number of hydrogen-bond acceptors (Lipinski definition) is 3. The highest BCUT2D eigenvalue weighted by atomic mass is 16.2. The van der Waals surface area contributed by atoms with Crippen molar-refractivity contribution in [2.24, 2.45) is 7.05 Å². The molecule has 2 rings (SSSR count). The maximum absolute atomic E-state index is 11.8. The fraction of sp³-hybridized carbons (Fsp3) is 0.500. The molecule has 0 fully saturated rings. The summed E-state index contributed by atoms with van der Waals surface area (Å²) >= 11 is 0. The van der Waals surface area contributed by atoms with Gasteiger partial charge in [-0.05, 0) is 38.2 Å². The molecular weight excluding hydrogens is 242 g/mol. The maximum atomic E-state index is 11.8. The lowest BCUT2D eigenvalue weighted by Gasteiger charge is -2.12. The predicted molar refractivity (Wildman–Crippen MR) is 73.0 cm³/mol. The Morgan fingerprint density at radius 3 is 2.95 bits per heavy atom. The van der Waals surface area contributed by atoms with Gasteiger partial charge < -0.3 is 5.32 Å². The van der Waals surface area contributed by atoms with Crippen molar-refractivity contribution in [3.05, 3.63) is 39.8 Å². The number of carbonyl (C=O) groups is 1. The summed E-state index contributed by atoms with van der Waals surface area (Å²) in [5.74, 6) is -0.230. The van der Waals surface area contributed by atoms with Crippen LogP contribution in [0.15, 0.2) is 28.6 Å². The topological polar surface area (TPSA) is 64.0 Å². The second-order valence-electron chi connectivity index (χ2n) is 4.79. The summed E-state index contributed by atoms with van der Waals surface area (Å²) in [4.78, 5) is 23.0. The molecule has 0 atom stereocenters. The summed E-state index contributed by atoms with van der Waals surface area (Å²) in [5.41, 5.74) is 1.49. The van der Waals surface area contributed by atoms with Crippen molar-refractivity contribution in [1.29, 1.82) is 0 Å². The Morgan fingerprint density at radius 1 is 1.42 bits per heavy atom. The largest absolute Gasteiger partial charge is 0.350 e. The zero-order valence-electron chi connectivity index (χ0n) is 11.2. The minimum absolute atomic E-state index is 0.219.